The van der Waals surface area contributed by atoms with Crippen molar-refractivity contribution in [2.45, 2.75) is 64.0 Å². The Morgan fingerprint density at radius 2 is 1.65 bits per heavy atom. The summed E-state index contributed by atoms with van der Waals surface area (Å²) in [7, 11) is 0. The number of rotatable bonds is 4. The summed E-state index contributed by atoms with van der Waals surface area (Å²) in [6.45, 7) is 4.46. The van der Waals surface area contributed by atoms with Crippen molar-refractivity contribution in [3.05, 3.63) is 29.3 Å². The van der Waals surface area contributed by atoms with Crippen LogP contribution in [0.2, 0.25) is 0 Å². The molecule has 8 heteroatoms. The lowest BCUT2D eigenvalue weighted by Gasteiger charge is -2.33. The minimum absolute atomic E-state index is 0.00521. The zero-order chi connectivity index (χ0) is 21.8. The van der Waals surface area contributed by atoms with Crippen LogP contribution in [0.5, 0.6) is 0 Å². The number of carbonyl (C=O) groups is 3. The summed E-state index contributed by atoms with van der Waals surface area (Å²) in [5.74, 6) is 0.00521. The number of benzene rings is 1. The lowest BCUT2D eigenvalue weighted by molar-refractivity contribution is 0.0708. The molecule has 3 aliphatic rings. The van der Waals surface area contributed by atoms with E-state index in [-0.39, 0.29) is 24.0 Å². The molecule has 1 aromatic rings. The van der Waals surface area contributed by atoms with E-state index in [9.17, 15) is 14.4 Å². The number of nitrogens with one attached hydrogen (secondary N) is 3. The van der Waals surface area contributed by atoms with E-state index in [1.807, 2.05) is 24.0 Å². The van der Waals surface area contributed by atoms with Crippen molar-refractivity contribution in [1.82, 2.24) is 20.9 Å². The van der Waals surface area contributed by atoms with Crippen molar-refractivity contribution < 1.29 is 14.4 Å². The molecule has 0 aromatic heterocycles. The monoisotopic (exact) mass is 427 g/mol. The van der Waals surface area contributed by atoms with Gasteiger partial charge in [-0.2, -0.15) is 0 Å². The topological polar surface area (TPSA) is 93.8 Å². The third-order valence-electron chi connectivity index (χ3n) is 6.65. The van der Waals surface area contributed by atoms with Crippen molar-refractivity contribution in [1.29, 1.82) is 0 Å². The van der Waals surface area contributed by atoms with Crippen LogP contribution in [0.15, 0.2) is 18.2 Å². The van der Waals surface area contributed by atoms with Crippen molar-refractivity contribution in [3.8, 4) is 0 Å². The highest BCUT2D eigenvalue weighted by molar-refractivity contribution is 5.98. The summed E-state index contributed by atoms with van der Waals surface area (Å²) in [5.41, 5.74) is 2.40. The van der Waals surface area contributed by atoms with Gasteiger partial charge in [0.25, 0.3) is 5.91 Å². The molecule has 0 unspecified atom stereocenters. The van der Waals surface area contributed by atoms with E-state index in [1.165, 1.54) is 19.3 Å². The van der Waals surface area contributed by atoms with Crippen LogP contribution in [0.1, 0.15) is 60.9 Å². The minimum atomic E-state index is -0.0933. The van der Waals surface area contributed by atoms with E-state index in [1.54, 1.807) is 11.0 Å². The fraction of sp³-hybridized carbons (Fsp3) is 0.609. The quantitative estimate of drug-likeness (QED) is 0.690. The van der Waals surface area contributed by atoms with Gasteiger partial charge < -0.3 is 20.9 Å². The van der Waals surface area contributed by atoms with Crippen LogP contribution in [0.4, 0.5) is 15.3 Å². The van der Waals surface area contributed by atoms with Crippen LogP contribution in [-0.4, -0.2) is 61.1 Å². The second-order valence-corrected chi connectivity index (χ2v) is 8.90. The first-order valence-electron chi connectivity index (χ1n) is 11.5. The number of aryl methyl sites for hydroxylation is 1. The molecule has 0 radical (unpaired) electrons. The van der Waals surface area contributed by atoms with Crippen LogP contribution in [-0.2, 0) is 0 Å². The highest BCUT2D eigenvalue weighted by Gasteiger charge is 2.27. The Kier molecular flexibility index (Phi) is 6.63. The van der Waals surface area contributed by atoms with E-state index < -0.39 is 0 Å². The molecule has 31 heavy (non-hydrogen) atoms. The average Bonchev–Trinajstić information content (AvgIpc) is 3.20. The Morgan fingerprint density at radius 1 is 0.968 bits per heavy atom. The minimum Gasteiger partial charge on any atom is -0.338 e. The number of anilines is 1. The molecule has 5 amide bonds. The molecule has 2 aliphatic heterocycles. The van der Waals surface area contributed by atoms with E-state index in [2.05, 4.69) is 16.0 Å². The Hall–Kier alpha value is -2.77. The third-order valence-corrected chi connectivity index (χ3v) is 6.65. The highest BCUT2D eigenvalue weighted by Crippen LogP contribution is 2.24. The smallest absolute Gasteiger partial charge is 0.322 e. The first-order valence-corrected chi connectivity index (χ1v) is 11.5. The molecular weight excluding hydrogens is 394 g/mol. The predicted octanol–water partition coefficient (Wildman–Crippen LogP) is 2.76. The fourth-order valence-corrected chi connectivity index (χ4v) is 4.86. The van der Waals surface area contributed by atoms with E-state index in [4.69, 9.17) is 0 Å². The molecule has 0 atom stereocenters. The molecule has 3 fully saturated rings. The lowest BCUT2D eigenvalue weighted by Crippen LogP contribution is -2.51. The van der Waals surface area contributed by atoms with Crippen LogP contribution < -0.4 is 20.9 Å². The highest BCUT2D eigenvalue weighted by atomic mass is 16.2. The van der Waals surface area contributed by atoms with Crippen LogP contribution in [0.3, 0.4) is 0 Å². The van der Waals surface area contributed by atoms with Gasteiger partial charge in [-0.15, -0.1) is 0 Å². The van der Waals surface area contributed by atoms with Gasteiger partial charge in [0.1, 0.15) is 0 Å². The molecule has 8 nitrogen and oxygen atoms in total. The van der Waals surface area contributed by atoms with Gasteiger partial charge in [0.15, 0.2) is 0 Å². The predicted molar refractivity (Wildman–Crippen MR) is 119 cm³/mol. The van der Waals surface area contributed by atoms with Gasteiger partial charge in [-0.1, -0.05) is 19.3 Å². The number of hydrogen-bond donors (Lipinski definition) is 3. The summed E-state index contributed by atoms with van der Waals surface area (Å²) >= 11 is 0. The standard InChI is InChI=1S/C23H33N5O3/c1-16-15-17(7-8-20(16)28-14-11-24-23(28)31)21(29)27-12-9-19(10-13-27)26-22(30)25-18-5-3-2-4-6-18/h7-8,15,18-19H,2-6,9-14H2,1H3,(H,24,31)(H2,25,26,30). The van der Waals surface area contributed by atoms with Gasteiger partial charge in [-0.05, 0) is 56.4 Å². The first kappa shape index (κ1) is 21.5. The Bertz CT molecular complexity index is 829. The van der Waals surface area contributed by atoms with Gasteiger partial charge in [0, 0.05) is 49.5 Å². The zero-order valence-electron chi connectivity index (χ0n) is 18.3. The number of amides is 5. The van der Waals surface area contributed by atoms with E-state index in [0.717, 1.165) is 36.9 Å². The molecule has 1 saturated carbocycles. The van der Waals surface area contributed by atoms with Gasteiger partial charge >= 0.3 is 12.1 Å². The number of piperidine rings is 1. The number of nitrogens with zero attached hydrogens (tertiary/aromatic N) is 2. The summed E-state index contributed by atoms with van der Waals surface area (Å²) < 4.78 is 0. The van der Waals surface area contributed by atoms with Gasteiger partial charge in [-0.25, -0.2) is 9.59 Å². The molecule has 3 N–H and O–H groups in total. The van der Waals surface area contributed by atoms with Gasteiger partial charge in [0.05, 0.1) is 0 Å². The number of urea groups is 2. The molecule has 168 valence electrons. The maximum Gasteiger partial charge on any atom is 0.322 e. The van der Waals surface area contributed by atoms with Crippen molar-refractivity contribution in [2.75, 3.05) is 31.1 Å². The largest absolute Gasteiger partial charge is 0.338 e. The number of likely N-dealkylation sites (tertiary alicyclic amines) is 1. The van der Waals surface area contributed by atoms with Crippen LogP contribution in [0.25, 0.3) is 0 Å². The maximum atomic E-state index is 13.0. The average molecular weight is 428 g/mol. The van der Waals surface area contributed by atoms with Gasteiger partial charge in [0.2, 0.25) is 0 Å². The summed E-state index contributed by atoms with van der Waals surface area (Å²) in [6.07, 6.45) is 7.31. The van der Waals surface area contributed by atoms with Crippen LogP contribution >= 0.6 is 0 Å². The third kappa shape index (κ3) is 5.11. The summed E-state index contributed by atoms with van der Waals surface area (Å²) in [4.78, 5) is 40.7. The van der Waals surface area contributed by atoms with Crippen molar-refractivity contribution >= 4 is 23.7 Å². The maximum absolute atomic E-state index is 13.0. The molecule has 1 aliphatic carbocycles. The normalized spacial score (nSPS) is 20.5. The Morgan fingerprint density at radius 3 is 2.26 bits per heavy atom. The molecule has 4 rings (SSSR count). The summed E-state index contributed by atoms with van der Waals surface area (Å²) in [5, 5.41) is 8.99. The summed E-state index contributed by atoms with van der Waals surface area (Å²) in [6, 6.07) is 5.76. The molecule has 0 spiro atoms. The second kappa shape index (κ2) is 9.58. The van der Waals surface area contributed by atoms with Crippen molar-refractivity contribution in [3.63, 3.8) is 0 Å². The van der Waals surface area contributed by atoms with Crippen LogP contribution in [0, 0.1) is 6.92 Å². The molecule has 1 aromatic carbocycles. The zero-order valence-corrected chi connectivity index (χ0v) is 18.3. The van der Waals surface area contributed by atoms with Crippen molar-refractivity contribution in [2.24, 2.45) is 0 Å². The number of carbonyl (C=O) groups excluding carboxylic acids is 3. The first-order chi connectivity index (χ1) is 15.0. The lowest BCUT2D eigenvalue weighted by atomic mass is 9.96. The molecular formula is C23H33N5O3. The Labute approximate surface area is 183 Å². The van der Waals surface area contributed by atoms with E-state index in [0.29, 0.717) is 37.8 Å². The molecule has 2 heterocycles. The fourth-order valence-electron chi connectivity index (χ4n) is 4.86. The molecule has 2 saturated heterocycles. The Balaban J connectivity index is 1.27. The molecule has 0 bridgehead atoms. The number of hydrogen-bond acceptors (Lipinski definition) is 3. The van der Waals surface area contributed by atoms with Gasteiger partial charge in [-0.3, -0.25) is 9.69 Å². The van der Waals surface area contributed by atoms with E-state index >= 15 is 0 Å². The SMILES string of the molecule is Cc1cc(C(=O)N2CCC(NC(=O)NC3CCCCC3)CC2)ccc1N1CCNC1=O. The second-order valence-electron chi connectivity index (χ2n) is 8.90.